The van der Waals surface area contributed by atoms with Gasteiger partial charge in [0.05, 0.1) is 40.1 Å². The second-order valence-corrected chi connectivity index (χ2v) is 9.38. The molecule has 192 valence electrons. The van der Waals surface area contributed by atoms with E-state index in [4.69, 9.17) is 10.2 Å². The molecular formula is C26H22N6O5S. The van der Waals surface area contributed by atoms with Crippen molar-refractivity contribution in [1.29, 1.82) is 0 Å². The number of aliphatic hydroxyl groups excluding tert-OH is 1. The highest BCUT2D eigenvalue weighted by Crippen LogP contribution is 2.29. The molecule has 0 fully saturated rings. The van der Waals surface area contributed by atoms with Crippen LogP contribution in [0.1, 0.15) is 20.0 Å². The van der Waals surface area contributed by atoms with Crippen LogP contribution in [0.5, 0.6) is 0 Å². The minimum Gasteiger partial charge on any atom is -0.443 e. The molecule has 0 radical (unpaired) electrons. The number of hydrogen-bond acceptors (Lipinski definition) is 9. The number of imidazole rings is 1. The monoisotopic (exact) mass is 530 g/mol. The molecule has 2 aromatic carbocycles. The normalized spacial score (nSPS) is 11.8. The molecule has 1 unspecified atom stereocenters. The molecule has 11 nitrogen and oxygen atoms in total. The molecule has 2 amide bonds. The molecule has 0 saturated heterocycles. The summed E-state index contributed by atoms with van der Waals surface area (Å²) >= 11 is 1.21. The SMILES string of the molecule is NC(=O)C(O)Cn1c(NC(=O)c2ccc(-c3cnco3)s2)nc2cc(NCC(=O)c3ccccc3)ccc21. The van der Waals surface area contributed by atoms with E-state index >= 15 is 0 Å². The number of anilines is 2. The molecule has 5 rings (SSSR count). The molecule has 0 spiro atoms. The van der Waals surface area contributed by atoms with E-state index in [9.17, 15) is 19.5 Å². The second kappa shape index (κ2) is 10.7. The molecule has 5 N–H and O–H groups in total. The van der Waals surface area contributed by atoms with Crippen LogP contribution in [0.2, 0.25) is 0 Å². The van der Waals surface area contributed by atoms with Crippen molar-refractivity contribution < 1.29 is 23.9 Å². The standard InChI is InChI=1S/C26H22N6O5S/c27-24(35)20(34)13-32-18-7-6-16(29-11-19(33)15-4-2-1-3-5-15)10-17(18)30-26(32)31-25(36)23-9-8-22(38-23)21-12-28-14-37-21/h1-10,12,14,20,29,34H,11,13H2,(H2,27,35)(H,30,31,36). The van der Waals surface area contributed by atoms with Crippen LogP contribution >= 0.6 is 11.3 Å². The first kappa shape index (κ1) is 24.9. The lowest BCUT2D eigenvalue weighted by Crippen LogP contribution is -2.32. The molecule has 1 atom stereocenters. The molecule has 0 bridgehead atoms. The first-order valence-electron chi connectivity index (χ1n) is 11.5. The number of aliphatic hydroxyl groups is 1. The number of thiophene rings is 1. The van der Waals surface area contributed by atoms with Gasteiger partial charge >= 0.3 is 0 Å². The molecule has 3 aromatic heterocycles. The van der Waals surface area contributed by atoms with Crippen LogP contribution in [0.25, 0.3) is 21.7 Å². The third-order valence-electron chi connectivity index (χ3n) is 5.71. The number of carbonyl (C=O) groups excluding carboxylic acids is 3. The zero-order chi connectivity index (χ0) is 26.6. The van der Waals surface area contributed by atoms with Crippen LogP contribution < -0.4 is 16.4 Å². The van der Waals surface area contributed by atoms with E-state index in [2.05, 4.69) is 20.6 Å². The summed E-state index contributed by atoms with van der Waals surface area (Å²) in [4.78, 5) is 46.5. The van der Waals surface area contributed by atoms with Gasteiger partial charge in [-0.2, -0.15) is 0 Å². The van der Waals surface area contributed by atoms with Gasteiger partial charge in [0.15, 0.2) is 17.9 Å². The summed E-state index contributed by atoms with van der Waals surface area (Å²) in [7, 11) is 0. The summed E-state index contributed by atoms with van der Waals surface area (Å²) in [6.45, 7) is -0.138. The summed E-state index contributed by atoms with van der Waals surface area (Å²) in [5.41, 5.74) is 7.52. The van der Waals surface area contributed by atoms with Crippen molar-refractivity contribution in [2.24, 2.45) is 5.73 Å². The molecular weight excluding hydrogens is 508 g/mol. The van der Waals surface area contributed by atoms with E-state index in [1.165, 1.54) is 22.3 Å². The fourth-order valence-electron chi connectivity index (χ4n) is 3.78. The Balaban J connectivity index is 1.39. The van der Waals surface area contributed by atoms with Crippen molar-refractivity contribution in [3.63, 3.8) is 0 Å². The number of ketones is 1. The summed E-state index contributed by atoms with van der Waals surface area (Å²) in [6, 6.07) is 17.5. The number of oxazole rings is 1. The van der Waals surface area contributed by atoms with E-state index in [0.717, 1.165) is 4.88 Å². The topological polar surface area (TPSA) is 165 Å². The highest BCUT2D eigenvalue weighted by molar-refractivity contribution is 7.17. The molecule has 0 aliphatic heterocycles. The smallest absolute Gasteiger partial charge is 0.268 e. The van der Waals surface area contributed by atoms with E-state index in [1.54, 1.807) is 60.8 Å². The maximum Gasteiger partial charge on any atom is 0.268 e. The maximum atomic E-state index is 13.0. The van der Waals surface area contributed by atoms with Gasteiger partial charge < -0.3 is 25.1 Å². The number of amides is 2. The second-order valence-electron chi connectivity index (χ2n) is 8.29. The highest BCUT2D eigenvalue weighted by atomic mass is 32.1. The minimum atomic E-state index is -1.50. The molecule has 0 aliphatic carbocycles. The Morgan fingerprint density at radius 3 is 2.66 bits per heavy atom. The molecule has 3 heterocycles. The molecule has 38 heavy (non-hydrogen) atoms. The third kappa shape index (κ3) is 5.31. The lowest BCUT2D eigenvalue weighted by atomic mass is 10.1. The summed E-state index contributed by atoms with van der Waals surface area (Å²) < 4.78 is 6.79. The van der Waals surface area contributed by atoms with E-state index in [1.807, 2.05) is 6.07 Å². The Bertz CT molecular complexity index is 1610. The number of aromatic nitrogens is 3. The van der Waals surface area contributed by atoms with E-state index < -0.39 is 17.9 Å². The van der Waals surface area contributed by atoms with Crippen molar-refractivity contribution in [3.05, 3.63) is 83.7 Å². The lowest BCUT2D eigenvalue weighted by Gasteiger charge is -2.12. The van der Waals surface area contributed by atoms with Gasteiger partial charge in [-0.3, -0.25) is 19.7 Å². The van der Waals surface area contributed by atoms with Crippen LogP contribution in [0.3, 0.4) is 0 Å². The van der Waals surface area contributed by atoms with Crippen LogP contribution in [0.4, 0.5) is 11.6 Å². The van der Waals surface area contributed by atoms with Crippen LogP contribution in [-0.2, 0) is 11.3 Å². The van der Waals surface area contributed by atoms with Crippen LogP contribution in [0, 0.1) is 0 Å². The fourth-order valence-corrected chi connectivity index (χ4v) is 4.64. The Kier molecular flexibility index (Phi) is 6.98. The zero-order valence-electron chi connectivity index (χ0n) is 19.8. The number of benzene rings is 2. The maximum absolute atomic E-state index is 13.0. The van der Waals surface area contributed by atoms with E-state index in [0.29, 0.717) is 32.9 Å². The Labute approximate surface area is 219 Å². The number of carbonyl (C=O) groups is 3. The van der Waals surface area contributed by atoms with Gasteiger partial charge in [-0.25, -0.2) is 9.97 Å². The molecule has 5 aromatic rings. The van der Waals surface area contributed by atoms with Crippen molar-refractivity contribution in [2.75, 3.05) is 17.2 Å². The van der Waals surface area contributed by atoms with Crippen LogP contribution in [-0.4, -0.2) is 49.9 Å². The van der Waals surface area contributed by atoms with Gasteiger partial charge in [-0.05, 0) is 30.3 Å². The van der Waals surface area contributed by atoms with Crippen molar-refractivity contribution >= 4 is 51.6 Å². The molecule has 0 saturated carbocycles. The number of Topliss-reactive ketones (excluding diaryl/α,β-unsaturated/α-hetero) is 1. The Morgan fingerprint density at radius 1 is 1.11 bits per heavy atom. The first-order valence-corrected chi connectivity index (χ1v) is 12.3. The quantitative estimate of drug-likeness (QED) is 0.200. The van der Waals surface area contributed by atoms with Gasteiger partial charge in [0.1, 0.15) is 6.10 Å². The van der Waals surface area contributed by atoms with Gasteiger partial charge in [0.25, 0.3) is 5.91 Å². The molecule has 12 heteroatoms. The predicted octanol–water partition coefficient (Wildman–Crippen LogP) is 3.15. The Hall–Kier alpha value is -4.81. The number of nitrogens with two attached hydrogens (primary N) is 1. The molecule has 0 aliphatic rings. The third-order valence-corrected chi connectivity index (χ3v) is 6.81. The van der Waals surface area contributed by atoms with Crippen molar-refractivity contribution in [3.8, 4) is 10.6 Å². The average Bonchev–Trinajstić information content (AvgIpc) is 3.68. The number of nitrogens with one attached hydrogen (secondary N) is 2. The summed E-state index contributed by atoms with van der Waals surface area (Å²) in [6.07, 6.45) is 1.36. The average molecular weight is 531 g/mol. The number of hydrogen-bond donors (Lipinski definition) is 4. The van der Waals surface area contributed by atoms with Crippen LogP contribution in [0.15, 0.2) is 77.7 Å². The van der Waals surface area contributed by atoms with Gasteiger partial charge in [0.2, 0.25) is 11.9 Å². The predicted molar refractivity (Wildman–Crippen MR) is 142 cm³/mol. The fraction of sp³-hybridized carbons (Fsp3) is 0.115. The highest BCUT2D eigenvalue weighted by Gasteiger charge is 2.21. The number of fused-ring (bicyclic) bond motifs is 1. The number of primary amides is 1. The largest absolute Gasteiger partial charge is 0.443 e. The van der Waals surface area contributed by atoms with Crippen molar-refractivity contribution in [2.45, 2.75) is 12.6 Å². The summed E-state index contributed by atoms with van der Waals surface area (Å²) in [5, 5.41) is 16.0. The zero-order valence-corrected chi connectivity index (χ0v) is 20.6. The summed E-state index contributed by atoms with van der Waals surface area (Å²) in [5.74, 6) is -0.752. The number of rotatable bonds is 10. The van der Waals surface area contributed by atoms with Gasteiger partial charge in [-0.15, -0.1) is 11.3 Å². The van der Waals surface area contributed by atoms with Gasteiger partial charge in [-0.1, -0.05) is 30.3 Å². The van der Waals surface area contributed by atoms with Crippen molar-refractivity contribution in [1.82, 2.24) is 14.5 Å². The Morgan fingerprint density at radius 2 is 1.92 bits per heavy atom. The number of nitrogens with zero attached hydrogens (tertiary/aromatic N) is 3. The lowest BCUT2D eigenvalue weighted by molar-refractivity contribution is -0.126. The first-order chi connectivity index (χ1) is 18.4. The van der Waals surface area contributed by atoms with E-state index in [-0.39, 0.29) is 24.8 Å². The van der Waals surface area contributed by atoms with Gasteiger partial charge in [0, 0.05) is 11.3 Å². The minimum absolute atomic E-state index is 0.0746.